The monoisotopic (exact) mass is 216 g/mol. The van der Waals surface area contributed by atoms with Gasteiger partial charge in [0.25, 0.3) is 0 Å². The molecule has 2 rings (SSSR count). The molecule has 1 heterocycles. The minimum atomic E-state index is -0.156. The highest BCUT2D eigenvalue weighted by Gasteiger charge is 2.11. The second-order valence-corrected chi connectivity index (χ2v) is 4.68. The topological polar surface area (TPSA) is 27.1 Å². The second kappa shape index (κ2) is 4.00. The van der Waals surface area contributed by atoms with Gasteiger partial charge in [-0.3, -0.25) is 0 Å². The Kier molecular flexibility index (Phi) is 2.69. The zero-order valence-electron chi connectivity index (χ0n) is 9.84. The van der Waals surface area contributed by atoms with Crippen LogP contribution >= 0.6 is 0 Å². The largest absolute Gasteiger partial charge is 0.488 e. The molecule has 84 valence electrons. The van der Waals surface area contributed by atoms with Gasteiger partial charge in [-0.1, -0.05) is 0 Å². The molecular formula is C13H16N2O. The Balaban J connectivity index is 2.17. The normalized spacial score (nSPS) is 11.4. The first-order valence-electron chi connectivity index (χ1n) is 5.32. The van der Waals surface area contributed by atoms with Crippen LogP contribution in [-0.2, 0) is 0 Å². The van der Waals surface area contributed by atoms with Crippen molar-refractivity contribution in [3.05, 3.63) is 43.0 Å². The van der Waals surface area contributed by atoms with Crippen LogP contribution in [-0.4, -0.2) is 15.2 Å². The number of rotatable bonds is 2. The highest BCUT2D eigenvalue weighted by molar-refractivity contribution is 5.37. The van der Waals surface area contributed by atoms with Crippen LogP contribution in [0.25, 0.3) is 5.69 Å². The lowest BCUT2D eigenvalue weighted by atomic mass is 10.2. The fourth-order valence-corrected chi connectivity index (χ4v) is 1.45. The average molecular weight is 216 g/mol. The van der Waals surface area contributed by atoms with Gasteiger partial charge in [0.15, 0.2) is 0 Å². The highest BCUT2D eigenvalue weighted by atomic mass is 16.5. The van der Waals surface area contributed by atoms with Gasteiger partial charge in [-0.05, 0) is 45.0 Å². The van der Waals surface area contributed by atoms with Crippen LogP contribution in [0.1, 0.15) is 20.8 Å². The van der Waals surface area contributed by atoms with Crippen LogP contribution < -0.4 is 4.74 Å². The molecule has 0 bridgehead atoms. The minimum Gasteiger partial charge on any atom is -0.488 e. The Labute approximate surface area is 95.7 Å². The summed E-state index contributed by atoms with van der Waals surface area (Å²) in [5.74, 6) is 0.886. The predicted molar refractivity (Wildman–Crippen MR) is 63.9 cm³/mol. The summed E-state index contributed by atoms with van der Waals surface area (Å²) >= 11 is 0. The number of ether oxygens (including phenoxy) is 1. The van der Waals surface area contributed by atoms with E-state index in [1.165, 1.54) is 0 Å². The summed E-state index contributed by atoms with van der Waals surface area (Å²) in [6.45, 7) is 6.12. The Morgan fingerprint density at radius 1 is 1.12 bits per heavy atom. The van der Waals surface area contributed by atoms with Crippen molar-refractivity contribution >= 4 is 0 Å². The van der Waals surface area contributed by atoms with Gasteiger partial charge in [-0.2, -0.15) is 0 Å². The molecule has 1 aromatic heterocycles. The van der Waals surface area contributed by atoms with Gasteiger partial charge in [-0.25, -0.2) is 4.98 Å². The maximum atomic E-state index is 5.75. The first-order valence-corrected chi connectivity index (χ1v) is 5.32. The van der Waals surface area contributed by atoms with E-state index in [0.29, 0.717) is 0 Å². The summed E-state index contributed by atoms with van der Waals surface area (Å²) in [7, 11) is 0. The summed E-state index contributed by atoms with van der Waals surface area (Å²) in [4.78, 5) is 4.01. The van der Waals surface area contributed by atoms with Crippen LogP contribution in [0.15, 0.2) is 43.0 Å². The van der Waals surface area contributed by atoms with E-state index in [0.717, 1.165) is 11.4 Å². The van der Waals surface area contributed by atoms with E-state index in [1.54, 1.807) is 12.5 Å². The Hall–Kier alpha value is -1.77. The average Bonchev–Trinajstić information content (AvgIpc) is 2.69. The second-order valence-electron chi connectivity index (χ2n) is 4.68. The van der Waals surface area contributed by atoms with Crippen molar-refractivity contribution < 1.29 is 4.74 Å². The molecule has 2 aromatic rings. The summed E-state index contributed by atoms with van der Waals surface area (Å²) in [6.07, 6.45) is 5.46. The molecule has 16 heavy (non-hydrogen) atoms. The highest BCUT2D eigenvalue weighted by Crippen LogP contribution is 2.19. The summed E-state index contributed by atoms with van der Waals surface area (Å²) < 4.78 is 7.71. The molecule has 3 nitrogen and oxygen atoms in total. The number of benzene rings is 1. The quantitative estimate of drug-likeness (QED) is 0.771. The summed E-state index contributed by atoms with van der Waals surface area (Å²) in [5, 5.41) is 0. The van der Waals surface area contributed by atoms with Gasteiger partial charge in [0.1, 0.15) is 11.4 Å². The van der Waals surface area contributed by atoms with Gasteiger partial charge in [0.2, 0.25) is 0 Å². The third-order valence-corrected chi connectivity index (χ3v) is 2.06. The molecule has 0 atom stereocenters. The number of hydrogen-bond donors (Lipinski definition) is 0. The molecule has 0 spiro atoms. The molecule has 0 fully saturated rings. The maximum Gasteiger partial charge on any atom is 0.120 e. The molecular weight excluding hydrogens is 200 g/mol. The van der Waals surface area contributed by atoms with Crippen molar-refractivity contribution in [1.29, 1.82) is 0 Å². The lowest BCUT2D eigenvalue weighted by Crippen LogP contribution is -2.22. The molecule has 0 aliphatic rings. The van der Waals surface area contributed by atoms with E-state index in [9.17, 15) is 0 Å². The van der Waals surface area contributed by atoms with E-state index in [1.807, 2.05) is 55.8 Å². The fourth-order valence-electron chi connectivity index (χ4n) is 1.45. The van der Waals surface area contributed by atoms with Gasteiger partial charge >= 0.3 is 0 Å². The Morgan fingerprint density at radius 3 is 2.31 bits per heavy atom. The van der Waals surface area contributed by atoms with E-state index >= 15 is 0 Å². The van der Waals surface area contributed by atoms with Crippen LogP contribution in [0.3, 0.4) is 0 Å². The molecule has 3 heteroatoms. The van der Waals surface area contributed by atoms with Crippen molar-refractivity contribution in [3.8, 4) is 11.4 Å². The molecule has 0 unspecified atom stereocenters. The minimum absolute atomic E-state index is 0.156. The molecule has 0 saturated heterocycles. The van der Waals surface area contributed by atoms with Crippen LogP contribution in [0.4, 0.5) is 0 Å². The SMILES string of the molecule is CC(C)(C)Oc1ccc(-n2ccnc2)cc1. The molecule has 0 aliphatic carbocycles. The molecule has 0 radical (unpaired) electrons. The van der Waals surface area contributed by atoms with E-state index in [2.05, 4.69) is 4.98 Å². The van der Waals surface area contributed by atoms with E-state index in [-0.39, 0.29) is 5.60 Å². The summed E-state index contributed by atoms with van der Waals surface area (Å²) in [6, 6.07) is 7.98. The van der Waals surface area contributed by atoms with Gasteiger partial charge in [0.05, 0.1) is 6.33 Å². The van der Waals surface area contributed by atoms with Crippen LogP contribution in [0.5, 0.6) is 5.75 Å². The predicted octanol–water partition coefficient (Wildman–Crippen LogP) is 3.05. The van der Waals surface area contributed by atoms with Crippen molar-refractivity contribution in [3.63, 3.8) is 0 Å². The number of nitrogens with zero attached hydrogens (tertiary/aromatic N) is 2. The third kappa shape index (κ3) is 2.63. The molecule has 0 amide bonds. The first-order chi connectivity index (χ1) is 7.54. The number of hydrogen-bond acceptors (Lipinski definition) is 2. The molecule has 0 aliphatic heterocycles. The van der Waals surface area contributed by atoms with E-state index < -0.39 is 0 Å². The van der Waals surface area contributed by atoms with Crippen molar-refractivity contribution in [2.75, 3.05) is 0 Å². The first kappa shape index (κ1) is 10.7. The lowest BCUT2D eigenvalue weighted by molar-refractivity contribution is 0.131. The third-order valence-electron chi connectivity index (χ3n) is 2.06. The zero-order valence-corrected chi connectivity index (χ0v) is 9.84. The molecule has 0 saturated carbocycles. The van der Waals surface area contributed by atoms with Crippen LogP contribution in [0.2, 0.25) is 0 Å². The molecule has 1 aromatic carbocycles. The van der Waals surface area contributed by atoms with Gasteiger partial charge in [0, 0.05) is 18.1 Å². The van der Waals surface area contributed by atoms with E-state index in [4.69, 9.17) is 4.74 Å². The lowest BCUT2D eigenvalue weighted by Gasteiger charge is -2.21. The van der Waals surface area contributed by atoms with Gasteiger partial charge in [-0.15, -0.1) is 0 Å². The summed E-state index contributed by atoms with van der Waals surface area (Å²) in [5.41, 5.74) is 0.926. The van der Waals surface area contributed by atoms with Crippen molar-refractivity contribution in [2.24, 2.45) is 0 Å². The Morgan fingerprint density at radius 2 is 1.81 bits per heavy atom. The number of aromatic nitrogens is 2. The van der Waals surface area contributed by atoms with Gasteiger partial charge < -0.3 is 9.30 Å². The van der Waals surface area contributed by atoms with Crippen molar-refractivity contribution in [2.45, 2.75) is 26.4 Å². The van der Waals surface area contributed by atoms with Crippen LogP contribution in [0, 0.1) is 0 Å². The Bertz CT molecular complexity index is 438. The zero-order chi connectivity index (χ0) is 11.6. The molecule has 0 N–H and O–H groups in total. The smallest absolute Gasteiger partial charge is 0.120 e. The number of imidazole rings is 1. The fraction of sp³-hybridized carbons (Fsp3) is 0.308. The van der Waals surface area contributed by atoms with Crippen molar-refractivity contribution in [1.82, 2.24) is 9.55 Å². The maximum absolute atomic E-state index is 5.75. The standard InChI is InChI=1S/C13H16N2O/c1-13(2,3)16-12-6-4-11(5-7-12)15-9-8-14-10-15/h4-10H,1-3H3.